The van der Waals surface area contributed by atoms with Crippen LogP contribution in [0.2, 0.25) is 0 Å². The molecule has 1 spiro atoms. The van der Waals surface area contributed by atoms with E-state index in [4.69, 9.17) is 0 Å². The molecule has 206 valence electrons. The predicted octanol–water partition coefficient (Wildman–Crippen LogP) is 4.65. The van der Waals surface area contributed by atoms with Crippen LogP contribution in [0.1, 0.15) is 82.1 Å². The number of hydrogen-bond donors (Lipinski definition) is 2. The maximum Gasteiger partial charge on any atom is 0.224 e. The Balaban J connectivity index is 1.35. The number of hydrogen-bond acceptors (Lipinski definition) is 6. The van der Waals surface area contributed by atoms with Crippen molar-refractivity contribution in [3.8, 4) is 17.5 Å². The molecule has 9 heteroatoms. The van der Waals surface area contributed by atoms with Gasteiger partial charge in [-0.3, -0.25) is 14.3 Å². The summed E-state index contributed by atoms with van der Waals surface area (Å²) in [6.45, 7) is 3.97. The summed E-state index contributed by atoms with van der Waals surface area (Å²) in [6.07, 6.45) is 9.48. The van der Waals surface area contributed by atoms with Gasteiger partial charge in [-0.15, -0.1) is 0 Å². The third-order valence-electron chi connectivity index (χ3n) is 8.73. The number of unbranched alkanes of at least 4 members (excludes halogenated alkanes) is 2. The van der Waals surface area contributed by atoms with E-state index in [1.807, 2.05) is 38.4 Å². The number of likely N-dealkylation sites (tertiary alicyclic amines) is 1. The molecule has 2 fully saturated rings. The van der Waals surface area contributed by atoms with Crippen LogP contribution in [0, 0.1) is 22.7 Å². The molecular formula is C30H39N7O2. The van der Waals surface area contributed by atoms with Gasteiger partial charge in [-0.05, 0) is 75.9 Å². The van der Waals surface area contributed by atoms with Gasteiger partial charge in [0.15, 0.2) is 5.69 Å². The zero-order valence-corrected chi connectivity index (χ0v) is 23.3. The number of piperidine rings is 1. The van der Waals surface area contributed by atoms with E-state index in [0.29, 0.717) is 36.5 Å². The lowest BCUT2D eigenvalue weighted by Gasteiger charge is -2.30. The second-order valence-corrected chi connectivity index (χ2v) is 11.5. The molecule has 2 N–H and O–H groups in total. The van der Waals surface area contributed by atoms with E-state index in [9.17, 15) is 14.9 Å². The zero-order valence-electron chi connectivity index (χ0n) is 23.3. The minimum atomic E-state index is -0.332. The van der Waals surface area contributed by atoms with Crippen molar-refractivity contribution in [3.63, 3.8) is 0 Å². The highest BCUT2D eigenvalue weighted by atomic mass is 16.2. The number of ketones is 1. The Morgan fingerprint density at radius 1 is 1.23 bits per heavy atom. The molecule has 1 aromatic carbocycles. The topological polar surface area (TPSA) is 120 Å². The van der Waals surface area contributed by atoms with Gasteiger partial charge in [0.2, 0.25) is 5.91 Å². The molecule has 3 heterocycles. The summed E-state index contributed by atoms with van der Waals surface area (Å²) in [5.41, 5.74) is 2.88. The van der Waals surface area contributed by atoms with Crippen LogP contribution in [0.3, 0.4) is 0 Å². The molecular weight excluding hydrogens is 490 g/mol. The zero-order chi connectivity index (χ0) is 27.6. The molecule has 1 saturated carbocycles. The normalized spacial score (nSPS) is 19.2. The van der Waals surface area contributed by atoms with Gasteiger partial charge < -0.3 is 15.2 Å². The number of imidazole rings is 1. The number of H-pyrrole nitrogens is 1. The van der Waals surface area contributed by atoms with Crippen LogP contribution in [0.15, 0.2) is 24.4 Å². The van der Waals surface area contributed by atoms with Crippen LogP contribution in [0.5, 0.6) is 0 Å². The van der Waals surface area contributed by atoms with Crippen LogP contribution < -0.4 is 5.32 Å². The van der Waals surface area contributed by atoms with E-state index in [-0.39, 0.29) is 29.1 Å². The summed E-state index contributed by atoms with van der Waals surface area (Å²) in [6, 6.07) is 7.83. The van der Waals surface area contributed by atoms with Crippen molar-refractivity contribution in [2.45, 2.75) is 70.8 Å². The van der Waals surface area contributed by atoms with E-state index >= 15 is 0 Å². The number of carbonyl (C=O) groups excluding carboxylic acids is 2. The summed E-state index contributed by atoms with van der Waals surface area (Å²) >= 11 is 0. The minimum absolute atomic E-state index is 0.0387. The van der Waals surface area contributed by atoms with Gasteiger partial charge in [0.05, 0.1) is 17.3 Å². The van der Waals surface area contributed by atoms with Crippen molar-refractivity contribution in [3.05, 3.63) is 35.8 Å². The fourth-order valence-electron chi connectivity index (χ4n) is 6.08. The first kappa shape index (κ1) is 27.1. The summed E-state index contributed by atoms with van der Waals surface area (Å²) in [4.78, 5) is 35.6. The number of amides is 1. The van der Waals surface area contributed by atoms with E-state index < -0.39 is 0 Å². The maximum atomic E-state index is 13.5. The highest BCUT2D eigenvalue weighted by Gasteiger charge is 2.58. The van der Waals surface area contributed by atoms with Crippen molar-refractivity contribution in [2.75, 3.05) is 20.1 Å². The first-order chi connectivity index (χ1) is 18.8. The number of aryl methyl sites for hydroxylation is 1. The second kappa shape index (κ2) is 11.3. The molecule has 0 unspecified atom stereocenters. The molecule has 2 aliphatic rings. The van der Waals surface area contributed by atoms with Crippen LogP contribution in [-0.2, 0) is 16.6 Å². The lowest BCUT2D eigenvalue weighted by atomic mass is 9.90. The lowest BCUT2D eigenvalue weighted by molar-refractivity contribution is -0.124. The van der Waals surface area contributed by atoms with Crippen molar-refractivity contribution in [1.29, 1.82) is 5.26 Å². The average Bonchev–Trinajstić information content (AvgIpc) is 3.26. The summed E-state index contributed by atoms with van der Waals surface area (Å²) in [5.74, 6) is 1.02. The first-order valence-electron chi connectivity index (χ1n) is 14.3. The van der Waals surface area contributed by atoms with Crippen LogP contribution >= 0.6 is 0 Å². The molecule has 1 aliphatic carbocycles. The van der Waals surface area contributed by atoms with Gasteiger partial charge in [-0.2, -0.15) is 10.4 Å². The van der Waals surface area contributed by atoms with Gasteiger partial charge in [0, 0.05) is 43.0 Å². The van der Waals surface area contributed by atoms with Crippen LogP contribution in [-0.4, -0.2) is 56.5 Å². The van der Waals surface area contributed by atoms with Crippen molar-refractivity contribution >= 4 is 22.6 Å². The smallest absolute Gasteiger partial charge is 0.224 e. The molecule has 2 atom stereocenters. The quantitative estimate of drug-likeness (QED) is 0.349. The molecule has 1 amide bonds. The van der Waals surface area contributed by atoms with Gasteiger partial charge in [0.25, 0.3) is 0 Å². The van der Waals surface area contributed by atoms with E-state index in [1.165, 1.54) is 0 Å². The first-order valence-corrected chi connectivity index (χ1v) is 14.3. The fraction of sp³-hybridized carbons (Fsp3) is 0.567. The number of nitrogens with one attached hydrogen (secondary N) is 2. The Morgan fingerprint density at radius 2 is 2.03 bits per heavy atom. The fourth-order valence-corrected chi connectivity index (χ4v) is 6.08. The second-order valence-electron chi connectivity index (χ2n) is 11.5. The van der Waals surface area contributed by atoms with Crippen LogP contribution in [0.25, 0.3) is 22.3 Å². The SMILES string of the molecule is CCC(=O)CCCCC[C@H](NC(=O)[C@H]1CC12CCN(C)CC2)c1[nH]c(-c2ccc3nn(C)cc3c2)nc1C#N. The van der Waals surface area contributed by atoms with E-state index in [2.05, 4.69) is 38.4 Å². The molecule has 2 aromatic heterocycles. The van der Waals surface area contributed by atoms with Crippen molar-refractivity contribution in [2.24, 2.45) is 18.4 Å². The van der Waals surface area contributed by atoms with Crippen molar-refractivity contribution < 1.29 is 9.59 Å². The summed E-state index contributed by atoms with van der Waals surface area (Å²) in [5, 5.41) is 18.7. The lowest BCUT2D eigenvalue weighted by Crippen LogP contribution is -2.36. The summed E-state index contributed by atoms with van der Waals surface area (Å²) in [7, 11) is 4.03. The molecule has 3 aromatic rings. The predicted molar refractivity (Wildman–Crippen MR) is 150 cm³/mol. The molecule has 1 saturated heterocycles. The Hall–Kier alpha value is -3.51. The molecule has 9 nitrogen and oxygen atoms in total. The number of aromatic nitrogens is 4. The minimum Gasteiger partial charge on any atom is -0.347 e. The van der Waals surface area contributed by atoms with E-state index in [1.54, 1.807) is 4.68 Å². The van der Waals surface area contributed by atoms with Gasteiger partial charge >= 0.3 is 0 Å². The standard InChI is InChI=1S/C30H39N7O2/c1-4-22(38)8-6-5-7-9-25(33-29(39)23-17-30(23)12-14-36(2)15-13-30)27-26(18-31)32-28(34-27)20-10-11-24-21(16-20)19-37(3)35-24/h10-11,16,19,23,25H,4-9,12-15,17H2,1-3H3,(H,32,34)(H,33,39)/t23-,25+/m1/s1. The van der Waals surface area contributed by atoms with Crippen molar-refractivity contribution in [1.82, 2.24) is 30.0 Å². The Kier molecular flexibility index (Phi) is 7.85. The molecule has 1 aliphatic heterocycles. The number of nitrogens with zero attached hydrogens (tertiary/aromatic N) is 5. The maximum absolute atomic E-state index is 13.5. The average molecular weight is 530 g/mol. The third-order valence-corrected chi connectivity index (χ3v) is 8.73. The van der Waals surface area contributed by atoms with E-state index in [0.717, 1.165) is 68.1 Å². The summed E-state index contributed by atoms with van der Waals surface area (Å²) < 4.78 is 1.78. The number of carbonyl (C=O) groups is 2. The third kappa shape index (κ3) is 5.91. The Labute approximate surface area is 230 Å². The molecule has 5 rings (SSSR count). The number of nitriles is 1. The highest BCUT2D eigenvalue weighted by molar-refractivity contribution is 5.84. The molecule has 0 radical (unpaired) electrons. The Bertz CT molecular complexity index is 1390. The molecule has 39 heavy (non-hydrogen) atoms. The van der Waals surface area contributed by atoms with Crippen LogP contribution in [0.4, 0.5) is 0 Å². The van der Waals surface area contributed by atoms with Gasteiger partial charge in [-0.25, -0.2) is 4.98 Å². The Morgan fingerprint density at radius 3 is 2.77 bits per heavy atom. The van der Waals surface area contributed by atoms with Gasteiger partial charge in [-0.1, -0.05) is 19.8 Å². The number of Topliss-reactive ketones (excluding diaryl/α,β-unsaturated/α-hetero) is 1. The number of fused-ring (bicyclic) bond motifs is 1. The highest BCUT2D eigenvalue weighted by Crippen LogP contribution is 2.59. The van der Waals surface area contributed by atoms with Gasteiger partial charge in [0.1, 0.15) is 17.7 Å². The molecule has 0 bridgehead atoms. The number of aromatic amines is 1. The number of benzene rings is 1. The number of rotatable bonds is 11. The largest absolute Gasteiger partial charge is 0.347 e. The monoisotopic (exact) mass is 529 g/mol.